The van der Waals surface area contributed by atoms with Gasteiger partial charge in [-0.25, -0.2) is 4.79 Å². The van der Waals surface area contributed by atoms with Crippen LogP contribution in [0.3, 0.4) is 0 Å². The van der Waals surface area contributed by atoms with Crippen LogP contribution in [0.1, 0.15) is 21.6 Å². The lowest BCUT2D eigenvalue weighted by Crippen LogP contribution is -2.47. The summed E-state index contributed by atoms with van der Waals surface area (Å²) in [5.41, 5.74) is 3.11. The second-order valence-electron chi connectivity index (χ2n) is 7.55. The van der Waals surface area contributed by atoms with Crippen LogP contribution in [0.5, 0.6) is 5.75 Å². The molecule has 5 nitrogen and oxygen atoms in total. The topological polar surface area (TPSA) is 79.4 Å². The molecule has 0 saturated carbocycles. The van der Waals surface area contributed by atoms with Crippen molar-refractivity contribution < 1.29 is 14.6 Å². The molecule has 0 aliphatic carbocycles. The van der Waals surface area contributed by atoms with E-state index < -0.39 is 18.3 Å². The summed E-state index contributed by atoms with van der Waals surface area (Å²) in [6.45, 7) is 3.22. The number of rotatable bonds is 5. The number of pyridine rings is 1. The number of H-pyrrole nitrogens is 1. The van der Waals surface area contributed by atoms with Crippen LogP contribution in [0, 0.1) is 13.8 Å². The van der Waals surface area contributed by atoms with Gasteiger partial charge in [-0.05, 0) is 60.2 Å². The van der Waals surface area contributed by atoms with Crippen LogP contribution in [0.25, 0.3) is 10.9 Å². The van der Waals surface area contributed by atoms with Crippen molar-refractivity contribution in [3.8, 4) is 5.75 Å². The Hall–Kier alpha value is -3.22. The molecule has 32 heavy (non-hydrogen) atoms. The number of nitrogens with one attached hydrogen (secondary N) is 1. The zero-order chi connectivity index (χ0) is 23.0. The fraction of sp³-hybridized carbons (Fsp3) is 0.0833. The van der Waals surface area contributed by atoms with Gasteiger partial charge in [0, 0.05) is 21.5 Å². The van der Waals surface area contributed by atoms with E-state index in [-0.39, 0.29) is 5.69 Å². The van der Waals surface area contributed by atoms with Crippen LogP contribution in [-0.4, -0.2) is 23.0 Å². The first-order valence-electron chi connectivity index (χ1n) is 9.82. The summed E-state index contributed by atoms with van der Waals surface area (Å²) in [6.07, 6.45) is 0. The largest absolute Gasteiger partial charge is 0.550 e. The molecule has 4 rings (SSSR count). The third-order valence-electron chi connectivity index (χ3n) is 5.30. The number of carbonyl (C=O) groups is 1. The molecular formula is C24H18BCl2NO4. The Bertz CT molecular complexity index is 1370. The van der Waals surface area contributed by atoms with Crippen molar-refractivity contribution in [1.82, 2.24) is 4.98 Å². The second-order valence-corrected chi connectivity index (χ2v) is 8.36. The molecule has 0 spiro atoms. The Labute approximate surface area is 194 Å². The first kappa shape index (κ1) is 22.0. The Morgan fingerprint density at radius 1 is 0.938 bits per heavy atom. The van der Waals surface area contributed by atoms with Gasteiger partial charge in [0.05, 0.1) is 5.52 Å². The fourth-order valence-electron chi connectivity index (χ4n) is 3.46. The van der Waals surface area contributed by atoms with Crippen LogP contribution in [0.2, 0.25) is 10.0 Å². The molecule has 0 bridgehead atoms. The van der Waals surface area contributed by atoms with Crippen LogP contribution < -0.4 is 21.0 Å². The molecular weight excluding hydrogens is 448 g/mol. The highest BCUT2D eigenvalue weighted by atomic mass is 35.5. The van der Waals surface area contributed by atoms with Crippen molar-refractivity contribution >= 4 is 57.9 Å². The predicted molar refractivity (Wildman–Crippen MR) is 130 cm³/mol. The zero-order valence-electron chi connectivity index (χ0n) is 17.3. The lowest BCUT2D eigenvalue weighted by atomic mass is 9.55. The number of halogens is 2. The van der Waals surface area contributed by atoms with Gasteiger partial charge in [-0.2, -0.15) is 0 Å². The third-order valence-corrected chi connectivity index (χ3v) is 6.11. The van der Waals surface area contributed by atoms with Crippen molar-refractivity contribution in [3.05, 3.63) is 97.8 Å². The molecule has 0 atom stereocenters. The minimum Gasteiger partial charge on any atom is -0.550 e. The average Bonchev–Trinajstić information content (AvgIpc) is 2.76. The lowest BCUT2D eigenvalue weighted by Gasteiger charge is -2.19. The third kappa shape index (κ3) is 4.24. The Kier molecular flexibility index (Phi) is 6.00. The molecule has 8 heteroatoms. The maximum absolute atomic E-state index is 12.5. The summed E-state index contributed by atoms with van der Waals surface area (Å²) < 4.78 is 6.40. The number of hydrogen-bond donors (Lipinski definition) is 2. The van der Waals surface area contributed by atoms with E-state index in [1.54, 1.807) is 18.2 Å². The molecule has 3 aromatic carbocycles. The molecule has 1 heterocycles. The van der Waals surface area contributed by atoms with Crippen LogP contribution in [0.15, 0.2) is 65.5 Å². The van der Waals surface area contributed by atoms with E-state index in [0.29, 0.717) is 26.7 Å². The number of carboxylic acids is 1. The standard InChI is InChI=1S/C24H18BCl2NO4/c1-13-6-8-15(10-18(13)26)25(16-9-7-14(2)19(27)11-16)32-22-5-3-4-17-21(29)12-20(24(30)31)28-23(17)22/h3-12H,1-2H3,(H,28,29)(H,30,31). The fourth-order valence-corrected chi connectivity index (χ4v) is 3.84. The highest BCUT2D eigenvalue weighted by molar-refractivity contribution is 6.81. The molecule has 4 aromatic rings. The molecule has 0 aliphatic rings. The predicted octanol–water partition coefficient (Wildman–Crippen LogP) is 4.33. The quantitative estimate of drug-likeness (QED) is 0.430. The summed E-state index contributed by atoms with van der Waals surface area (Å²) in [5.74, 6) is -0.896. The normalized spacial score (nSPS) is 10.9. The van der Waals surface area contributed by atoms with Crippen LogP contribution >= 0.6 is 23.2 Å². The van der Waals surface area contributed by atoms with Crippen LogP contribution in [-0.2, 0) is 0 Å². The van der Waals surface area contributed by atoms with Gasteiger partial charge in [-0.1, -0.05) is 53.5 Å². The summed E-state index contributed by atoms with van der Waals surface area (Å²) in [4.78, 5) is 26.8. The van der Waals surface area contributed by atoms with Crippen molar-refractivity contribution in [2.24, 2.45) is 0 Å². The van der Waals surface area contributed by atoms with Crippen molar-refractivity contribution in [2.75, 3.05) is 0 Å². The van der Waals surface area contributed by atoms with Gasteiger partial charge in [-0.15, -0.1) is 0 Å². The Balaban J connectivity index is 1.90. The first-order valence-corrected chi connectivity index (χ1v) is 10.6. The molecule has 160 valence electrons. The maximum atomic E-state index is 12.5. The monoisotopic (exact) mass is 465 g/mol. The molecule has 0 aliphatic heterocycles. The van der Waals surface area contributed by atoms with E-state index in [1.165, 1.54) is 0 Å². The summed E-state index contributed by atoms with van der Waals surface area (Å²) >= 11 is 12.8. The molecule has 2 N–H and O–H groups in total. The smallest absolute Gasteiger partial charge is 0.426 e. The Morgan fingerprint density at radius 3 is 2.06 bits per heavy atom. The highest BCUT2D eigenvalue weighted by Crippen LogP contribution is 2.23. The molecule has 0 amide bonds. The van der Waals surface area contributed by atoms with Gasteiger partial charge in [-0.3, -0.25) is 4.79 Å². The van der Waals surface area contributed by atoms with Gasteiger partial charge in [0.25, 0.3) is 0 Å². The number of aromatic amines is 1. The van der Waals surface area contributed by atoms with Crippen molar-refractivity contribution in [1.29, 1.82) is 0 Å². The van der Waals surface area contributed by atoms with Gasteiger partial charge in [0.15, 0.2) is 5.43 Å². The number of benzene rings is 3. The molecule has 1 aromatic heterocycles. The number of aromatic nitrogens is 1. The number of aryl methyl sites for hydroxylation is 2. The first-order chi connectivity index (χ1) is 15.2. The SMILES string of the molecule is Cc1ccc(B(Oc2cccc3c(=O)cc(C(=O)O)[nH]c23)c2ccc(C)c(Cl)c2)cc1Cl. The summed E-state index contributed by atoms with van der Waals surface area (Å²) in [6, 6.07) is 17.3. The van der Waals surface area contributed by atoms with Crippen LogP contribution in [0.4, 0.5) is 0 Å². The van der Waals surface area contributed by atoms with E-state index in [1.807, 2.05) is 50.2 Å². The summed E-state index contributed by atoms with van der Waals surface area (Å²) in [5, 5.41) is 10.9. The molecule has 0 unspecified atom stereocenters. The van der Waals surface area contributed by atoms with Gasteiger partial charge in [0.2, 0.25) is 0 Å². The van der Waals surface area contributed by atoms with E-state index in [4.69, 9.17) is 27.9 Å². The van der Waals surface area contributed by atoms with Crippen molar-refractivity contribution in [3.63, 3.8) is 0 Å². The minimum atomic E-state index is -1.23. The summed E-state index contributed by atoms with van der Waals surface area (Å²) in [7, 11) is 0. The zero-order valence-corrected chi connectivity index (χ0v) is 18.8. The number of aromatic carboxylic acids is 1. The highest BCUT2D eigenvalue weighted by Gasteiger charge is 2.26. The second kappa shape index (κ2) is 8.73. The number of fused-ring (bicyclic) bond motifs is 1. The van der Waals surface area contributed by atoms with Gasteiger partial charge < -0.3 is 14.7 Å². The number of para-hydroxylation sites is 1. The lowest BCUT2D eigenvalue weighted by molar-refractivity contribution is 0.0691. The van der Waals surface area contributed by atoms with E-state index in [0.717, 1.165) is 28.1 Å². The van der Waals surface area contributed by atoms with Gasteiger partial charge >= 0.3 is 12.9 Å². The average molecular weight is 466 g/mol. The molecule has 0 radical (unpaired) electrons. The van der Waals surface area contributed by atoms with Gasteiger partial charge in [0.1, 0.15) is 11.4 Å². The maximum Gasteiger partial charge on any atom is 0.426 e. The number of carboxylic acid groups (broad SMARTS) is 1. The molecule has 0 fully saturated rings. The number of hydrogen-bond acceptors (Lipinski definition) is 3. The van der Waals surface area contributed by atoms with Crippen molar-refractivity contribution in [2.45, 2.75) is 13.8 Å². The molecule has 0 saturated heterocycles. The minimum absolute atomic E-state index is 0.216. The van der Waals surface area contributed by atoms with E-state index in [9.17, 15) is 14.7 Å². The van der Waals surface area contributed by atoms with E-state index >= 15 is 0 Å². The van der Waals surface area contributed by atoms with E-state index in [2.05, 4.69) is 4.98 Å². The Morgan fingerprint density at radius 2 is 1.53 bits per heavy atom.